The standard InChI is InChI=1S/C16H16BrNO3S2/c17-12-3-5-14(6-4-12)23-11-16(20)21-10-15(19)18-8-7-13-2-1-9-22-13/h1-6,9H,7-8,10-11H2,(H,18,19). The van der Waals surface area contributed by atoms with Crippen molar-refractivity contribution in [2.24, 2.45) is 0 Å². The number of hydrogen-bond acceptors (Lipinski definition) is 5. The second-order valence-corrected chi connectivity index (χ2v) is 7.58. The van der Waals surface area contributed by atoms with Crippen molar-refractivity contribution in [1.29, 1.82) is 0 Å². The van der Waals surface area contributed by atoms with Crippen LogP contribution in [0.2, 0.25) is 0 Å². The smallest absolute Gasteiger partial charge is 0.316 e. The van der Waals surface area contributed by atoms with Gasteiger partial charge in [0.15, 0.2) is 6.61 Å². The Kier molecular flexibility index (Phi) is 7.64. The molecule has 0 atom stereocenters. The van der Waals surface area contributed by atoms with E-state index >= 15 is 0 Å². The molecule has 0 aliphatic heterocycles. The van der Waals surface area contributed by atoms with Crippen LogP contribution in [0.4, 0.5) is 0 Å². The van der Waals surface area contributed by atoms with E-state index in [0.29, 0.717) is 6.54 Å². The second-order valence-electron chi connectivity index (χ2n) is 4.58. The van der Waals surface area contributed by atoms with E-state index < -0.39 is 5.97 Å². The lowest BCUT2D eigenvalue weighted by Gasteiger charge is -2.06. The van der Waals surface area contributed by atoms with Gasteiger partial charge in [-0.05, 0) is 42.1 Å². The van der Waals surface area contributed by atoms with Gasteiger partial charge in [-0.3, -0.25) is 9.59 Å². The van der Waals surface area contributed by atoms with Gasteiger partial charge in [0.25, 0.3) is 5.91 Å². The molecule has 0 spiro atoms. The number of rotatable bonds is 8. The van der Waals surface area contributed by atoms with Crippen molar-refractivity contribution in [2.75, 3.05) is 18.9 Å². The normalized spacial score (nSPS) is 10.3. The first-order valence-corrected chi connectivity index (χ1v) is 9.62. The average Bonchev–Trinajstić information content (AvgIpc) is 3.06. The minimum absolute atomic E-state index is 0.185. The van der Waals surface area contributed by atoms with Gasteiger partial charge in [-0.2, -0.15) is 0 Å². The molecule has 1 aromatic heterocycles. The van der Waals surface area contributed by atoms with E-state index in [1.54, 1.807) is 11.3 Å². The Balaban J connectivity index is 1.58. The molecule has 1 amide bonds. The predicted molar refractivity (Wildman–Crippen MR) is 96.9 cm³/mol. The van der Waals surface area contributed by atoms with Crippen LogP contribution in [0.5, 0.6) is 0 Å². The van der Waals surface area contributed by atoms with Crippen molar-refractivity contribution >= 4 is 50.9 Å². The number of nitrogens with one attached hydrogen (secondary N) is 1. The molecule has 122 valence electrons. The van der Waals surface area contributed by atoms with Crippen LogP contribution in [0.25, 0.3) is 0 Å². The van der Waals surface area contributed by atoms with Crippen LogP contribution < -0.4 is 5.32 Å². The molecule has 23 heavy (non-hydrogen) atoms. The van der Waals surface area contributed by atoms with Gasteiger partial charge in [0, 0.05) is 20.8 Å². The Labute approximate surface area is 151 Å². The number of thioether (sulfide) groups is 1. The molecule has 0 unspecified atom stereocenters. The van der Waals surface area contributed by atoms with Crippen LogP contribution >= 0.6 is 39.0 Å². The van der Waals surface area contributed by atoms with Gasteiger partial charge in [0.1, 0.15) is 0 Å². The summed E-state index contributed by atoms with van der Waals surface area (Å²) in [6, 6.07) is 11.7. The monoisotopic (exact) mass is 413 g/mol. The molecule has 0 aliphatic rings. The third-order valence-electron chi connectivity index (χ3n) is 2.81. The highest BCUT2D eigenvalue weighted by atomic mass is 79.9. The molecular weight excluding hydrogens is 398 g/mol. The zero-order valence-corrected chi connectivity index (χ0v) is 15.5. The molecule has 1 N–H and O–H groups in total. The number of benzene rings is 1. The van der Waals surface area contributed by atoms with Gasteiger partial charge >= 0.3 is 5.97 Å². The third kappa shape index (κ3) is 7.20. The molecule has 1 heterocycles. The Hall–Kier alpha value is -1.31. The van der Waals surface area contributed by atoms with Crippen LogP contribution in [0.3, 0.4) is 0 Å². The number of esters is 1. The van der Waals surface area contributed by atoms with Crippen molar-refractivity contribution < 1.29 is 14.3 Å². The quantitative estimate of drug-likeness (QED) is 0.531. The first-order valence-electron chi connectivity index (χ1n) is 6.96. The van der Waals surface area contributed by atoms with Crippen molar-refractivity contribution in [1.82, 2.24) is 5.32 Å². The number of hydrogen-bond donors (Lipinski definition) is 1. The highest BCUT2D eigenvalue weighted by molar-refractivity contribution is 9.10. The topological polar surface area (TPSA) is 55.4 Å². The lowest BCUT2D eigenvalue weighted by Crippen LogP contribution is -2.30. The van der Waals surface area contributed by atoms with Crippen molar-refractivity contribution in [3.63, 3.8) is 0 Å². The summed E-state index contributed by atoms with van der Waals surface area (Å²) in [6.07, 6.45) is 0.788. The Bertz CT molecular complexity index is 629. The maximum atomic E-state index is 11.6. The summed E-state index contributed by atoms with van der Waals surface area (Å²) in [5.74, 6) is -0.487. The minimum Gasteiger partial charge on any atom is -0.455 e. The average molecular weight is 414 g/mol. The van der Waals surface area contributed by atoms with E-state index in [-0.39, 0.29) is 18.3 Å². The molecule has 1 aromatic carbocycles. The van der Waals surface area contributed by atoms with Crippen LogP contribution in [0.1, 0.15) is 4.88 Å². The SMILES string of the molecule is O=C(COC(=O)CSc1ccc(Br)cc1)NCCc1cccs1. The maximum Gasteiger partial charge on any atom is 0.316 e. The molecule has 2 aromatic rings. The molecule has 0 saturated heterocycles. The molecule has 0 radical (unpaired) electrons. The van der Waals surface area contributed by atoms with Crippen LogP contribution in [-0.4, -0.2) is 30.8 Å². The van der Waals surface area contributed by atoms with Gasteiger partial charge in [0.05, 0.1) is 5.75 Å². The molecule has 4 nitrogen and oxygen atoms in total. The van der Waals surface area contributed by atoms with Crippen LogP contribution in [0, 0.1) is 0 Å². The van der Waals surface area contributed by atoms with Crippen LogP contribution in [0.15, 0.2) is 51.1 Å². The fraction of sp³-hybridized carbons (Fsp3) is 0.250. The summed E-state index contributed by atoms with van der Waals surface area (Å²) in [7, 11) is 0. The number of ether oxygens (including phenoxy) is 1. The van der Waals surface area contributed by atoms with Gasteiger partial charge in [0.2, 0.25) is 0 Å². The summed E-state index contributed by atoms with van der Waals surface area (Å²) < 4.78 is 5.95. The molecule has 0 aliphatic carbocycles. The second kappa shape index (κ2) is 9.75. The highest BCUT2D eigenvalue weighted by Crippen LogP contribution is 2.20. The number of carbonyl (C=O) groups excluding carboxylic acids is 2. The van der Waals surface area contributed by atoms with Gasteiger partial charge in [-0.1, -0.05) is 22.0 Å². The summed E-state index contributed by atoms with van der Waals surface area (Å²) in [5, 5.41) is 4.74. The van der Waals surface area contributed by atoms with Gasteiger partial charge in [-0.15, -0.1) is 23.1 Å². The van der Waals surface area contributed by atoms with E-state index in [1.165, 1.54) is 16.6 Å². The summed E-state index contributed by atoms with van der Waals surface area (Å²) >= 11 is 6.39. The number of thiophene rings is 1. The fourth-order valence-corrected chi connectivity index (χ4v) is 3.36. The number of carbonyl (C=O) groups is 2. The van der Waals surface area contributed by atoms with Crippen molar-refractivity contribution in [3.05, 3.63) is 51.1 Å². The molecule has 0 bridgehead atoms. The summed E-state index contributed by atoms with van der Waals surface area (Å²) in [4.78, 5) is 25.4. The lowest BCUT2D eigenvalue weighted by molar-refractivity contribution is -0.145. The fourth-order valence-electron chi connectivity index (χ4n) is 1.69. The van der Waals surface area contributed by atoms with E-state index in [0.717, 1.165) is 15.8 Å². The highest BCUT2D eigenvalue weighted by Gasteiger charge is 2.08. The van der Waals surface area contributed by atoms with Crippen molar-refractivity contribution in [3.8, 4) is 0 Å². The maximum absolute atomic E-state index is 11.6. The Morgan fingerprint density at radius 1 is 1.22 bits per heavy atom. The number of halogens is 1. The third-order valence-corrected chi connectivity index (χ3v) is 5.26. The van der Waals surface area contributed by atoms with E-state index in [9.17, 15) is 9.59 Å². The molecule has 7 heteroatoms. The van der Waals surface area contributed by atoms with E-state index in [4.69, 9.17) is 4.74 Å². The zero-order valence-electron chi connectivity index (χ0n) is 12.3. The van der Waals surface area contributed by atoms with Gasteiger partial charge in [-0.25, -0.2) is 0 Å². The molecule has 2 rings (SSSR count). The molecule has 0 saturated carbocycles. The molecule has 0 fully saturated rings. The van der Waals surface area contributed by atoms with Gasteiger partial charge < -0.3 is 10.1 Å². The Morgan fingerprint density at radius 2 is 2.00 bits per heavy atom. The van der Waals surface area contributed by atoms with E-state index in [1.807, 2.05) is 41.8 Å². The Morgan fingerprint density at radius 3 is 2.70 bits per heavy atom. The predicted octanol–water partition coefficient (Wildman–Crippen LogP) is 3.50. The number of amides is 1. The summed E-state index contributed by atoms with van der Waals surface area (Å²) in [6.45, 7) is 0.314. The zero-order chi connectivity index (χ0) is 16.5. The first-order chi connectivity index (χ1) is 11.1. The van der Waals surface area contributed by atoms with Crippen LogP contribution in [-0.2, 0) is 20.7 Å². The van der Waals surface area contributed by atoms with Crippen molar-refractivity contribution in [2.45, 2.75) is 11.3 Å². The largest absolute Gasteiger partial charge is 0.455 e. The minimum atomic E-state index is -0.397. The van der Waals surface area contributed by atoms with E-state index in [2.05, 4.69) is 21.2 Å². The lowest BCUT2D eigenvalue weighted by atomic mass is 10.3. The first kappa shape index (κ1) is 18.0. The molecular formula is C16H16BrNO3S2. The summed E-state index contributed by atoms with van der Waals surface area (Å²) in [5.41, 5.74) is 0.